The van der Waals surface area contributed by atoms with Crippen molar-refractivity contribution in [3.8, 4) is 23.6 Å². The Kier molecular flexibility index (Phi) is 6.44. The van der Waals surface area contributed by atoms with E-state index in [9.17, 15) is 9.59 Å². The first-order valence-electron chi connectivity index (χ1n) is 10.3. The van der Waals surface area contributed by atoms with Gasteiger partial charge in [0.25, 0.3) is 5.54 Å². The predicted octanol–water partition coefficient (Wildman–Crippen LogP) is 4.05. The minimum absolute atomic E-state index is 0.162. The molecule has 0 saturated heterocycles. The van der Waals surface area contributed by atoms with Crippen LogP contribution in [-0.2, 0) is 10.3 Å². The van der Waals surface area contributed by atoms with E-state index >= 15 is 0 Å². The van der Waals surface area contributed by atoms with Crippen LogP contribution in [0.2, 0.25) is 0 Å². The summed E-state index contributed by atoms with van der Waals surface area (Å²) in [6.45, 7) is 7.42. The summed E-state index contributed by atoms with van der Waals surface area (Å²) in [6, 6.07) is 9.90. The standard InChI is InChI=1S/C24H20N6O3S/c1-3-20-29-19(14-34-20)30-23(32)28-18(13-33-22(25)31)15-6-8-16(9-7-15)21-17(5-4-12-27-21)24(26-2)10-11-24/h1,4-9,12,14,18H,10-11,13H2,(H2,25,31)(H2,28,30,32)/t18-/m0/s1. The lowest BCUT2D eigenvalue weighted by molar-refractivity contribution is 0.144. The van der Waals surface area contributed by atoms with Crippen LogP contribution in [0.1, 0.15) is 35.0 Å². The number of anilines is 1. The molecule has 1 aliphatic carbocycles. The Bertz CT molecular complexity index is 1300. The van der Waals surface area contributed by atoms with Gasteiger partial charge in [-0.2, -0.15) is 0 Å². The van der Waals surface area contributed by atoms with E-state index < -0.39 is 23.7 Å². The molecular formula is C24H20N6O3S. The molecule has 4 rings (SSSR count). The number of aromatic nitrogens is 2. The highest BCUT2D eigenvalue weighted by molar-refractivity contribution is 7.10. The highest BCUT2D eigenvalue weighted by Crippen LogP contribution is 2.51. The minimum Gasteiger partial charge on any atom is -0.447 e. The van der Waals surface area contributed by atoms with E-state index in [0.717, 1.165) is 29.7 Å². The van der Waals surface area contributed by atoms with Crippen molar-refractivity contribution in [2.45, 2.75) is 24.4 Å². The fraction of sp³-hybridized carbons (Fsp3) is 0.208. The van der Waals surface area contributed by atoms with Crippen LogP contribution < -0.4 is 16.4 Å². The maximum absolute atomic E-state index is 12.5. The van der Waals surface area contributed by atoms with Crippen LogP contribution >= 0.6 is 11.3 Å². The number of primary amides is 1. The molecule has 3 aromatic rings. The molecule has 1 atom stereocenters. The van der Waals surface area contributed by atoms with Gasteiger partial charge in [-0.3, -0.25) is 10.3 Å². The summed E-state index contributed by atoms with van der Waals surface area (Å²) in [7, 11) is 0. The molecule has 0 radical (unpaired) electrons. The van der Waals surface area contributed by atoms with Gasteiger partial charge in [0.05, 0.1) is 17.3 Å². The molecule has 4 N–H and O–H groups in total. The molecule has 10 heteroatoms. The number of hydrogen-bond acceptors (Lipinski definition) is 6. The number of amides is 3. The van der Waals surface area contributed by atoms with Gasteiger partial charge in [-0.05, 0) is 23.6 Å². The molecule has 1 saturated carbocycles. The molecule has 170 valence electrons. The third-order valence-electron chi connectivity index (χ3n) is 5.40. The second-order valence-corrected chi connectivity index (χ2v) is 8.49. The number of pyridine rings is 1. The molecule has 0 aliphatic heterocycles. The molecule has 1 fully saturated rings. The molecule has 34 heavy (non-hydrogen) atoms. The summed E-state index contributed by atoms with van der Waals surface area (Å²) >= 11 is 1.23. The van der Waals surface area contributed by atoms with Gasteiger partial charge >= 0.3 is 12.1 Å². The van der Waals surface area contributed by atoms with Gasteiger partial charge in [-0.1, -0.05) is 24.3 Å². The van der Waals surface area contributed by atoms with Gasteiger partial charge < -0.3 is 20.6 Å². The Morgan fingerprint density at radius 1 is 1.32 bits per heavy atom. The van der Waals surface area contributed by atoms with E-state index in [1.807, 2.05) is 24.3 Å². The molecule has 3 amide bonds. The Morgan fingerprint density at radius 3 is 2.71 bits per heavy atom. The first kappa shape index (κ1) is 22.8. The minimum atomic E-state index is -0.950. The molecule has 1 aliphatic rings. The predicted molar refractivity (Wildman–Crippen MR) is 128 cm³/mol. The van der Waals surface area contributed by atoms with Gasteiger partial charge in [0, 0.05) is 30.0 Å². The van der Waals surface area contributed by atoms with Crippen LogP contribution in [0.5, 0.6) is 0 Å². The number of carbonyl (C=O) groups is 2. The lowest BCUT2D eigenvalue weighted by Crippen LogP contribution is -2.36. The van der Waals surface area contributed by atoms with E-state index in [-0.39, 0.29) is 6.61 Å². The number of urea groups is 1. The van der Waals surface area contributed by atoms with Gasteiger partial charge in [0.15, 0.2) is 5.01 Å². The zero-order valence-corrected chi connectivity index (χ0v) is 18.8. The number of thiazole rings is 1. The van der Waals surface area contributed by atoms with Crippen molar-refractivity contribution in [1.82, 2.24) is 15.3 Å². The molecule has 9 nitrogen and oxygen atoms in total. The molecule has 1 aromatic carbocycles. The lowest BCUT2D eigenvalue weighted by Gasteiger charge is -2.19. The highest BCUT2D eigenvalue weighted by Gasteiger charge is 2.54. The molecule has 0 unspecified atom stereocenters. The zero-order valence-electron chi connectivity index (χ0n) is 17.9. The number of nitrogens with two attached hydrogens (primary N) is 1. The van der Waals surface area contributed by atoms with Gasteiger partial charge in [-0.15, -0.1) is 17.8 Å². The highest BCUT2D eigenvalue weighted by atomic mass is 32.1. The topological polar surface area (TPSA) is 124 Å². The van der Waals surface area contributed by atoms with E-state index in [1.165, 1.54) is 11.3 Å². The fourth-order valence-corrected chi connectivity index (χ4v) is 4.09. The van der Waals surface area contributed by atoms with Crippen molar-refractivity contribution in [2.75, 3.05) is 11.9 Å². The summed E-state index contributed by atoms with van der Waals surface area (Å²) in [5, 5.41) is 7.42. The normalized spacial score (nSPS) is 14.2. The zero-order chi connectivity index (χ0) is 24.1. The number of rotatable bonds is 7. The van der Waals surface area contributed by atoms with Crippen molar-refractivity contribution >= 4 is 29.3 Å². The fourth-order valence-electron chi connectivity index (χ4n) is 3.54. The number of benzene rings is 1. The SMILES string of the molecule is [C-]#[N+]C1(c2cccnc2-c2ccc([C@H](COC(N)=O)NC(=O)Nc3csc(C#C)n3)cc2)CC1. The average Bonchev–Trinajstić information content (AvgIpc) is 3.53. The van der Waals surface area contributed by atoms with E-state index in [0.29, 0.717) is 16.4 Å². The number of carbonyl (C=O) groups excluding carboxylic acids is 2. The van der Waals surface area contributed by atoms with Crippen LogP contribution in [0, 0.1) is 18.9 Å². The van der Waals surface area contributed by atoms with E-state index in [4.69, 9.17) is 23.5 Å². The average molecular weight is 473 g/mol. The van der Waals surface area contributed by atoms with Gasteiger partial charge in [-0.25, -0.2) is 21.1 Å². The summed E-state index contributed by atoms with van der Waals surface area (Å²) in [6.07, 6.45) is 7.70. The van der Waals surface area contributed by atoms with Crippen LogP contribution in [0.4, 0.5) is 15.4 Å². The molecule has 2 heterocycles. The third kappa shape index (κ3) is 4.98. The van der Waals surface area contributed by atoms with E-state index in [2.05, 4.69) is 31.4 Å². The third-order valence-corrected chi connectivity index (χ3v) is 6.17. The van der Waals surface area contributed by atoms with Gasteiger partial charge in [0.1, 0.15) is 12.4 Å². The number of nitrogens with one attached hydrogen (secondary N) is 2. The Balaban J connectivity index is 1.54. The van der Waals surface area contributed by atoms with Crippen molar-refractivity contribution in [1.29, 1.82) is 0 Å². The van der Waals surface area contributed by atoms with Crippen LogP contribution in [-0.4, -0.2) is 28.7 Å². The van der Waals surface area contributed by atoms with Crippen LogP contribution in [0.3, 0.4) is 0 Å². The number of terminal acetylenes is 1. The number of hydrogen-bond donors (Lipinski definition) is 3. The first-order valence-corrected chi connectivity index (χ1v) is 11.2. The molecule has 2 aromatic heterocycles. The van der Waals surface area contributed by atoms with Crippen molar-refractivity contribution < 1.29 is 14.3 Å². The Hall–Kier alpha value is -4.41. The van der Waals surface area contributed by atoms with Crippen LogP contribution in [0.15, 0.2) is 48.0 Å². The summed E-state index contributed by atoms with van der Waals surface area (Å²) in [4.78, 5) is 36.1. The Morgan fingerprint density at radius 2 is 2.09 bits per heavy atom. The summed E-state index contributed by atoms with van der Waals surface area (Å²) in [5.74, 6) is 2.72. The molecule has 0 bridgehead atoms. The largest absolute Gasteiger partial charge is 0.447 e. The number of ether oxygens (including phenoxy) is 1. The second kappa shape index (κ2) is 9.61. The van der Waals surface area contributed by atoms with Crippen molar-refractivity contribution in [2.24, 2.45) is 5.73 Å². The molecular weight excluding hydrogens is 452 g/mol. The number of nitrogens with zero attached hydrogens (tertiary/aromatic N) is 3. The van der Waals surface area contributed by atoms with Crippen molar-refractivity contribution in [3.05, 3.63) is 75.5 Å². The molecule has 0 spiro atoms. The maximum Gasteiger partial charge on any atom is 0.404 e. The van der Waals surface area contributed by atoms with Gasteiger partial charge in [0.2, 0.25) is 0 Å². The first-order chi connectivity index (χ1) is 16.4. The van der Waals surface area contributed by atoms with Crippen molar-refractivity contribution in [3.63, 3.8) is 0 Å². The monoisotopic (exact) mass is 472 g/mol. The summed E-state index contributed by atoms with van der Waals surface area (Å²) < 4.78 is 4.94. The van der Waals surface area contributed by atoms with Crippen LogP contribution in [0.25, 0.3) is 16.1 Å². The lowest BCUT2D eigenvalue weighted by atomic mass is 9.97. The second-order valence-electron chi connectivity index (χ2n) is 7.63. The smallest absolute Gasteiger partial charge is 0.404 e. The van der Waals surface area contributed by atoms with E-state index in [1.54, 1.807) is 23.7 Å². The Labute approximate surface area is 200 Å². The quantitative estimate of drug-likeness (QED) is 0.354. The maximum atomic E-state index is 12.5. The summed E-state index contributed by atoms with van der Waals surface area (Å²) in [5.41, 5.74) is 7.83.